The van der Waals surface area contributed by atoms with Crippen LogP contribution in [0.15, 0.2) is 12.2 Å². The van der Waals surface area contributed by atoms with Gasteiger partial charge in [-0.2, -0.15) is 0 Å². The largest absolute Gasteiger partial charge is 0.481 e. The highest BCUT2D eigenvalue weighted by atomic mass is 16.5. The number of carboxylic acids is 1. The van der Waals surface area contributed by atoms with E-state index < -0.39 is 41.2 Å². The van der Waals surface area contributed by atoms with Gasteiger partial charge < -0.3 is 25.8 Å². The SMILES string of the molecule is CCOC(C)(C)CC(=O)NCCCC[C@H](NC(=O)CCCN1C(=O)C=CC1=O)C(=O)NCCCC(=O)O. The maximum absolute atomic E-state index is 12.6. The fourth-order valence-corrected chi connectivity index (χ4v) is 3.75. The topological polar surface area (TPSA) is 171 Å². The Labute approximate surface area is 217 Å². The Morgan fingerprint density at radius 2 is 1.59 bits per heavy atom. The minimum Gasteiger partial charge on any atom is -0.481 e. The molecule has 1 heterocycles. The summed E-state index contributed by atoms with van der Waals surface area (Å²) in [4.78, 5) is 72.1. The Hall–Kier alpha value is -3.28. The predicted octanol–water partition coefficient (Wildman–Crippen LogP) is 0.649. The standard InChI is InChI=1S/C25H40N4O8/c1-4-37-25(2,3)17-20(31)26-14-6-5-9-18(24(36)27-15-7-11-23(34)35)28-19(30)10-8-16-29-21(32)12-13-22(29)33/h12-13,18H,4-11,14-17H2,1-3H3,(H,26,31)(H,27,36)(H,28,30)(H,34,35)/t18-/m0/s1. The molecule has 0 aromatic carbocycles. The summed E-state index contributed by atoms with van der Waals surface area (Å²) in [7, 11) is 0. The van der Waals surface area contributed by atoms with Gasteiger partial charge in [0.05, 0.1) is 12.0 Å². The molecule has 0 aliphatic carbocycles. The van der Waals surface area contributed by atoms with Crippen molar-refractivity contribution >= 4 is 35.5 Å². The molecule has 0 saturated heterocycles. The van der Waals surface area contributed by atoms with Crippen molar-refractivity contribution in [2.24, 2.45) is 0 Å². The number of nitrogens with zero attached hydrogens (tertiary/aromatic N) is 1. The van der Waals surface area contributed by atoms with E-state index in [0.29, 0.717) is 32.4 Å². The van der Waals surface area contributed by atoms with Gasteiger partial charge in [0, 0.05) is 51.2 Å². The smallest absolute Gasteiger partial charge is 0.303 e. The quantitative estimate of drug-likeness (QED) is 0.141. The summed E-state index contributed by atoms with van der Waals surface area (Å²) in [6.07, 6.45) is 4.49. The van der Waals surface area contributed by atoms with Crippen LogP contribution < -0.4 is 16.0 Å². The molecule has 0 saturated carbocycles. The molecule has 0 fully saturated rings. The van der Waals surface area contributed by atoms with Gasteiger partial charge in [0.15, 0.2) is 0 Å². The van der Waals surface area contributed by atoms with E-state index in [1.807, 2.05) is 20.8 Å². The summed E-state index contributed by atoms with van der Waals surface area (Å²) in [5.41, 5.74) is -0.557. The van der Waals surface area contributed by atoms with Gasteiger partial charge in [0.1, 0.15) is 6.04 Å². The van der Waals surface area contributed by atoms with E-state index in [4.69, 9.17) is 9.84 Å². The number of aliphatic carboxylic acids is 1. The summed E-state index contributed by atoms with van der Waals surface area (Å²) in [5, 5.41) is 16.9. The average molecular weight is 525 g/mol. The molecule has 37 heavy (non-hydrogen) atoms. The molecule has 12 heteroatoms. The van der Waals surface area contributed by atoms with Crippen LogP contribution in [0.1, 0.15) is 72.1 Å². The second-order valence-corrected chi connectivity index (χ2v) is 9.39. The molecule has 208 valence electrons. The zero-order chi connectivity index (χ0) is 27.8. The Balaban J connectivity index is 2.48. The Kier molecular flexibility index (Phi) is 14.1. The molecule has 0 spiro atoms. The van der Waals surface area contributed by atoms with Gasteiger partial charge in [-0.15, -0.1) is 0 Å². The molecule has 0 radical (unpaired) electrons. The third-order valence-corrected chi connectivity index (χ3v) is 5.57. The number of hydrogen-bond acceptors (Lipinski definition) is 7. The second-order valence-electron chi connectivity index (χ2n) is 9.39. The van der Waals surface area contributed by atoms with Crippen LogP contribution >= 0.6 is 0 Å². The fraction of sp³-hybridized carbons (Fsp3) is 0.680. The second kappa shape index (κ2) is 16.5. The van der Waals surface area contributed by atoms with Crippen molar-refractivity contribution in [2.45, 2.75) is 83.8 Å². The number of carboxylic acid groups (broad SMARTS) is 1. The Morgan fingerprint density at radius 1 is 0.946 bits per heavy atom. The number of amides is 5. The molecular formula is C25H40N4O8. The van der Waals surface area contributed by atoms with Crippen LogP contribution in [0.25, 0.3) is 0 Å². The van der Waals surface area contributed by atoms with E-state index in [9.17, 15) is 28.8 Å². The summed E-state index contributed by atoms with van der Waals surface area (Å²) in [6, 6.07) is -0.832. The average Bonchev–Trinajstić information content (AvgIpc) is 3.12. The monoisotopic (exact) mass is 524 g/mol. The molecule has 0 aromatic rings. The summed E-state index contributed by atoms with van der Waals surface area (Å²) in [6.45, 7) is 6.74. The lowest BCUT2D eigenvalue weighted by molar-refractivity contribution is -0.138. The van der Waals surface area contributed by atoms with Crippen LogP contribution in [0, 0.1) is 0 Å². The molecular weight excluding hydrogens is 484 g/mol. The van der Waals surface area contributed by atoms with Crippen LogP contribution in [-0.4, -0.2) is 83.4 Å². The van der Waals surface area contributed by atoms with Crippen LogP contribution in [0.3, 0.4) is 0 Å². The third kappa shape index (κ3) is 13.6. The van der Waals surface area contributed by atoms with E-state index in [-0.39, 0.29) is 51.1 Å². The fourth-order valence-electron chi connectivity index (χ4n) is 3.75. The van der Waals surface area contributed by atoms with Gasteiger partial charge in [0.25, 0.3) is 11.8 Å². The molecule has 1 rings (SSSR count). The first-order valence-electron chi connectivity index (χ1n) is 12.7. The van der Waals surface area contributed by atoms with E-state index >= 15 is 0 Å². The van der Waals surface area contributed by atoms with Crippen molar-refractivity contribution < 1.29 is 38.6 Å². The zero-order valence-electron chi connectivity index (χ0n) is 22.0. The first-order chi connectivity index (χ1) is 17.4. The van der Waals surface area contributed by atoms with Crippen molar-refractivity contribution in [3.8, 4) is 0 Å². The predicted molar refractivity (Wildman–Crippen MR) is 134 cm³/mol. The molecule has 12 nitrogen and oxygen atoms in total. The number of hydrogen-bond donors (Lipinski definition) is 4. The minimum atomic E-state index is -0.962. The molecule has 0 unspecified atom stereocenters. The molecule has 5 amide bonds. The molecule has 1 aliphatic rings. The number of imide groups is 1. The van der Waals surface area contributed by atoms with Gasteiger partial charge in [-0.05, 0) is 52.9 Å². The van der Waals surface area contributed by atoms with Gasteiger partial charge in [-0.3, -0.25) is 33.7 Å². The van der Waals surface area contributed by atoms with E-state index in [1.54, 1.807) is 0 Å². The maximum atomic E-state index is 12.6. The zero-order valence-corrected chi connectivity index (χ0v) is 22.0. The molecule has 0 aromatic heterocycles. The lowest BCUT2D eigenvalue weighted by Crippen LogP contribution is -2.47. The summed E-state index contributed by atoms with van der Waals surface area (Å²) >= 11 is 0. The molecule has 0 bridgehead atoms. The highest BCUT2D eigenvalue weighted by Crippen LogP contribution is 2.14. The van der Waals surface area contributed by atoms with E-state index in [2.05, 4.69) is 16.0 Å². The first kappa shape index (κ1) is 31.7. The number of carbonyl (C=O) groups is 6. The van der Waals surface area contributed by atoms with Crippen molar-refractivity contribution in [1.29, 1.82) is 0 Å². The van der Waals surface area contributed by atoms with E-state index in [0.717, 1.165) is 4.90 Å². The lowest BCUT2D eigenvalue weighted by atomic mass is 10.0. The molecule has 4 N–H and O–H groups in total. The van der Waals surface area contributed by atoms with E-state index in [1.165, 1.54) is 12.2 Å². The summed E-state index contributed by atoms with van der Waals surface area (Å²) in [5.74, 6) is -2.75. The number of unbranched alkanes of at least 4 members (excludes halogenated alkanes) is 1. The van der Waals surface area contributed by atoms with Gasteiger partial charge >= 0.3 is 5.97 Å². The molecule has 1 atom stereocenters. The number of carbonyl (C=O) groups excluding carboxylic acids is 5. The minimum absolute atomic E-state index is 0.0194. The van der Waals surface area contributed by atoms with Gasteiger partial charge in [-0.25, -0.2) is 0 Å². The van der Waals surface area contributed by atoms with Crippen LogP contribution in [0.4, 0.5) is 0 Å². The normalized spacial score (nSPS) is 14.0. The Morgan fingerprint density at radius 3 is 2.22 bits per heavy atom. The highest BCUT2D eigenvalue weighted by molar-refractivity contribution is 6.12. The first-order valence-corrected chi connectivity index (χ1v) is 12.7. The third-order valence-electron chi connectivity index (χ3n) is 5.57. The van der Waals surface area contributed by atoms with Gasteiger partial charge in [0.2, 0.25) is 17.7 Å². The van der Waals surface area contributed by atoms with Gasteiger partial charge in [-0.1, -0.05) is 0 Å². The summed E-state index contributed by atoms with van der Waals surface area (Å²) < 4.78 is 5.53. The highest BCUT2D eigenvalue weighted by Gasteiger charge is 2.24. The maximum Gasteiger partial charge on any atom is 0.303 e. The van der Waals surface area contributed by atoms with Crippen LogP contribution in [0.2, 0.25) is 0 Å². The Bertz CT molecular complexity index is 838. The number of nitrogens with one attached hydrogen (secondary N) is 3. The van der Waals surface area contributed by atoms with Crippen LogP contribution in [0.5, 0.6) is 0 Å². The van der Waals surface area contributed by atoms with Crippen molar-refractivity contribution in [1.82, 2.24) is 20.9 Å². The molecule has 1 aliphatic heterocycles. The van der Waals surface area contributed by atoms with Crippen molar-refractivity contribution in [3.05, 3.63) is 12.2 Å². The lowest BCUT2D eigenvalue weighted by Gasteiger charge is -2.23. The van der Waals surface area contributed by atoms with Crippen molar-refractivity contribution in [2.75, 3.05) is 26.2 Å². The van der Waals surface area contributed by atoms with Crippen molar-refractivity contribution in [3.63, 3.8) is 0 Å². The number of ether oxygens (including phenoxy) is 1. The van der Waals surface area contributed by atoms with Crippen LogP contribution in [-0.2, 0) is 33.5 Å². The number of rotatable bonds is 19.